The Kier molecular flexibility index (Phi) is 6.98. The van der Waals surface area contributed by atoms with Crippen LogP contribution in [0.3, 0.4) is 0 Å². The van der Waals surface area contributed by atoms with Crippen molar-refractivity contribution in [1.82, 2.24) is 9.80 Å². The predicted molar refractivity (Wildman–Crippen MR) is 95.4 cm³/mol. The molecular formula is C19H27N3O3. The summed E-state index contributed by atoms with van der Waals surface area (Å²) in [4.78, 5) is 38.4. The zero-order chi connectivity index (χ0) is 18.2. The van der Waals surface area contributed by atoms with Crippen molar-refractivity contribution >= 4 is 18.2 Å². The molecule has 0 radical (unpaired) electrons. The Labute approximate surface area is 149 Å². The van der Waals surface area contributed by atoms with Crippen LogP contribution in [-0.2, 0) is 20.9 Å². The van der Waals surface area contributed by atoms with Gasteiger partial charge in [0.05, 0.1) is 0 Å². The van der Waals surface area contributed by atoms with Gasteiger partial charge in [0.25, 0.3) is 0 Å². The number of hydrogen-bond acceptors (Lipinski definition) is 3. The molecule has 1 aromatic carbocycles. The first-order chi connectivity index (χ1) is 12.0. The average Bonchev–Trinajstić information content (AvgIpc) is 3.05. The molecule has 1 aliphatic rings. The van der Waals surface area contributed by atoms with Crippen molar-refractivity contribution in [3.05, 3.63) is 35.4 Å². The minimum absolute atomic E-state index is 0.00909. The van der Waals surface area contributed by atoms with E-state index in [4.69, 9.17) is 5.73 Å². The maximum Gasteiger partial charge on any atom is 0.245 e. The Hall–Kier alpha value is -2.37. The van der Waals surface area contributed by atoms with Crippen molar-refractivity contribution < 1.29 is 14.4 Å². The molecule has 0 bridgehead atoms. The second-order valence-corrected chi connectivity index (χ2v) is 6.67. The molecule has 1 saturated heterocycles. The number of primary amides is 1. The lowest BCUT2D eigenvalue weighted by Gasteiger charge is -2.29. The van der Waals surface area contributed by atoms with Gasteiger partial charge in [-0.1, -0.05) is 29.8 Å². The van der Waals surface area contributed by atoms with Gasteiger partial charge in [0.2, 0.25) is 18.2 Å². The summed E-state index contributed by atoms with van der Waals surface area (Å²) in [6.07, 6.45) is 4.05. The summed E-state index contributed by atoms with van der Waals surface area (Å²) in [6.45, 7) is 3.73. The number of unbranched alkanes of at least 4 members (excludes halogenated alkanes) is 1. The summed E-state index contributed by atoms with van der Waals surface area (Å²) in [6, 6.07) is 7.71. The van der Waals surface area contributed by atoms with Crippen molar-refractivity contribution in [2.24, 2.45) is 5.73 Å². The normalized spacial score (nSPS) is 16.7. The first-order valence-corrected chi connectivity index (χ1v) is 8.85. The number of rotatable bonds is 9. The molecule has 0 spiro atoms. The van der Waals surface area contributed by atoms with Crippen LogP contribution in [0.4, 0.5) is 0 Å². The van der Waals surface area contributed by atoms with Gasteiger partial charge in [0.1, 0.15) is 6.04 Å². The smallest absolute Gasteiger partial charge is 0.245 e. The van der Waals surface area contributed by atoms with E-state index in [1.54, 1.807) is 4.90 Å². The van der Waals surface area contributed by atoms with Crippen LogP contribution in [0.5, 0.6) is 0 Å². The summed E-state index contributed by atoms with van der Waals surface area (Å²) in [5, 5.41) is 0. The Morgan fingerprint density at radius 1 is 1.36 bits per heavy atom. The third-order valence-corrected chi connectivity index (χ3v) is 4.58. The molecule has 2 N–H and O–H groups in total. The Balaban J connectivity index is 2.06. The highest BCUT2D eigenvalue weighted by atomic mass is 16.2. The minimum atomic E-state index is -0.363. The van der Waals surface area contributed by atoms with E-state index in [2.05, 4.69) is 6.07 Å². The molecule has 3 amide bonds. The number of likely N-dealkylation sites (tertiary alicyclic amines) is 1. The molecule has 1 atom stereocenters. The van der Waals surface area contributed by atoms with E-state index in [0.29, 0.717) is 45.3 Å². The van der Waals surface area contributed by atoms with Gasteiger partial charge in [-0.25, -0.2) is 0 Å². The first-order valence-electron chi connectivity index (χ1n) is 8.85. The summed E-state index contributed by atoms with van der Waals surface area (Å²) < 4.78 is 0. The molecule has 0 aromatic heterocycles. The minimum Gasteiger partial charge on any atom is -0.370 e. The second-order valence-electron chi connectivity index (χ2n) is 6.67. The molecular weight excluding hydrogens is 318 g/mol. The number of hydrogen-bond donors (Lipinski definition) is 1. The molecule has 6 heteroatoms. The van der Waals surface area contributed by atoms with E-state index in [0.717, 1.165) is 24.0 Å². The van der Waals surface area contributed by atoms with Crippen molar-refractivity contribution in [3.8, 4) is 0 Å². The third kappa shape index (κ3) is 5.59. The van der Waals surface area contributed by atoms with Gasteiger partial charge < -0.3 is 15.5 Å². The van der Waals surface area contributed by atoms with E-state index < -0.39 is 0 Å². The lowest BCUT2D eigenvalue weighted by molar-refractivity contribution is -0.139. The van der Waals surface area contributed by atoms with Gasteiger partial charge in [-0.2, -0.15) is 0 Å². The third-order valence-electron chi connectivity index (χ3n) is 4.58. The molecule has 1 aromatic rings. The Bertz CT molecular complexity index is 618. The number of carbonyl (C=O) groups is 3. The monoisotopic (exact) mass is 345 g/mol. The lowest BCUT2D eigenvalue weighted by Crippen LogP contribution is -2.45. The fourth-order valence-corrected chi connectivity index (χ4v) is 3.29. The molecule has 136 valence electrons. The molecule has 25 heavy (non-hydrogen) atoms. The van der Waals surface area contributed by atoms with Crippen molar-refractivity contribution in [2.45, 2.75) is 51.6 Å². The van der Waals surface area contributed by atoms with Crippen molar-refractivity contribution in [2.75, 3.05) is 13.1 Å². The summed E-state index contributed by atoms with van der Waals surface area (Å²) >= 11 is 0. The van der Waals surface area contributed by atoms with E-state index in [9.17, 15) is 14.4 Å². The van der Waals surface area contributed by atoms with Crippen LogP contribution in [0.2, 0.25) is 0 Å². The summed E-state index contributed by atoms with van der Waals surface area (Å²) in [7, 11) is 0. The maximum atomic E-state index is 13.0. The quantitative estimate of drug-likeness (QED) is 0.545. The van der Waals surface area contributed by atoms with Crippen LogP contribution >= 0.6 is 0 Å². The van der Waals surface area contributed by atoms with Crippen LogP contribution in [0.15, 0.2) is 24.3 Å². The fourth-order valence-electron chi connectivity index (χ4n) is 3.29. The highest BCUT2D eigenvalue weighted by molar-refractivity contribution is 5.84. The van der Waals surface area contributed by atoms with E-state index >= 15 is 0 Å². The zero-order valence-electron chi connectivity index (χ0n) is 14.8. The van der Waals surface area contributed by atoms with E-state index in [1.165, 1.54) is 0 Å². The number of carbonyl (C=O) groups excluding carboxylic acids is 3. The standard InChI is InChI=1S/C19H27N3O3/c1-15-6-4-7-16(12-15)13-21(10-3-2-9-18(20)24)19(25)17-8-5-11-22(17)14-23/h4,6-7,12,14,17H,2-3,5,8-11,13H2,1H3,(H2,20,24). The maximum absolute atomic E-state index is 13.0. The predicted octanol–water partition coefficient (Wildman–Crippen LogP) is 1.60. The average molecular weight is 345 g/mol. The lowest BCUT2D eigenvalue weighted by atomic mass is 10.1. The van der Waals surface area contributed by atoms with E-state index in [-0.39, 0.29) is 17.9 Å². The Morgan fingerprint density at radius 2 is 2.16 bits per heavy atom. The molecule has 1 unspecified atom stereocenters. The van der Waals surface area contributed by atoms with Gasteiger partial charge in [0, 0.05) is 26.1 Å². The molecule has 0 aliphatic carbocycles. The number of aryl methyl sites for hydroxylation is 1. The highest BCUT2D eigenvalue weighted by Gasteiger charge is 2.32. The zero-order valence-corrected chi connectivity index (χ0v) is 14.8. The van der Waals surface area contributed by atoms with E-state index in [1.807, 2.05) is 30.0 Å². The SMILES string of the molecule is Cc1cccc(CN(CCCCC(N)=O)C(=O)C2CCCN2C=O)c1. The van der Waals surface area contributed by atoms with Gasteiger partial charge in [-0.3, -0.25) is 14.4 Å². The summed E-state index contributed by atoms with van der Waals surface area (Å²) in [5.74, 6) is -0.329. The molecule has 1 aliphatic heterocycles. The van der Waals surface area contributed by atoms with Gasteiger partial charge >= 0.3 is 0 Å². The van der Waals surface area contributed by atoms with Crippen LogP contribution in [0, 0.1) is 6.92 Å². The van der Waals surface area contributed by atoms with Crippen molar-refractivity contribution in [1.29, 1.82) is 0 Å². The van der Waals surface area contributed by atoms with Crippen molar-refractivity contribution in [3.63, 3.8) is 0 Å². The summed E-state index contributed by atoms with van der Waals surface area (Å²) in [5.41, 5.74) is 7.40. The largest absolute Gasteiger partial charge is 0.370 e. The van der Waals surface area contributed by atoms with Crippen LogP contribution in [-0.4, -0.2) is 47.2 Å². The van der Waals surface area contributed by atoms with Gasteiger partial charge in [-0.15, -0.1) is 0 Å². The van der Waals surface area contributed by atoms with Crippen LogP contribution < -0.4 is 5.73 Å². The van der Waals surface area contributed by atoms with Gasteiger partial charge in [0.15, 0.2) is 0 Å². The molecule has 6 nitrogen and oxygen atoms in total. The molecule has 1 heterocycles. The number of nitrogens with two attached hydrogens (primary N) is 1. The first kappa shape index (κ1) is 19.0. The number of nitrogens with zero attached hydrogens (tertiary/aromatic N) is 2. The topological polar surface area (TPSA) is 83.7 Å². The number of benzene rings is 1. The highest BCUT2D eigenvalue weighted by Crippen LogP contribution is 2.19. The van der Waals surface area contributed by atoms with Crippen LogP contribution in [0.25, 0.3) is 0 Å². The molecule has 0 saturated carbocycles. The molecule has 1 fully saturated rings. The number of amides is 3. The fraction of sp³-hybridized carbons (Fsp3) is 0.526. The Morgan fingerprint density at radius 3 is 2.84 bits per heavy atom. The van der Waals surface area contributed by atoms with Crippen LogP contribution in [0.1, 0.15) is 43.2 Å². The second kappa shape index (κ2) is 9.20. The van der Waals surface area contributed by atoms with Gasteiger partial charge in [-0.05, 0) is 38.2 Å². The molecule has 2 rings (SSSR count).